The minimum Gasteiger partial charge on any atom is -0.341 e. The SMILES string of the molecule is O=C(Cn1cnc2c(Cl)c(Cl)c(Cl)c(Cl)c21)N1CCCCC1. The predicted octanol–water partition coefficient (Wildman–Crippen LogP) is 4.66. The van der Waals surface area contributed by atoms with Gasteiger partial charge in [-0.15, -0.1) is 0 Å². The number of piperidine rings is 1. The predicted molar refractivity (Wildman–Crippen MR) is 90.2 cm³/mol. The molecule has 4 nitrogen and oxygen atoms in total. The van der Waals surface area contributed by atoms with E-state index in [4.69, 9.17) is 46.4 Å². The topological polar surface area (TPSA) is 38.1 Å². The molecule has 1 aromatic heterocycles. The monoisotopic (exact) mass is 379 g/mol. The molecule has 2 heterocycles. The number of likely N-dealkylation sites (tertiary alicyclic amines) is 1. The minimum atomic E-state index is 0.0391. The summed E-state index contributed by atoms with van der Waals surface area (Å²) in [5.74, 6) is 0.0391. The zero-order valence-corrected chi connectivity index (χ0v) is 14.6. The number of hydrogen-bond acceptors (Lipinski definition) is 2. The van der Waals surface area contributed by atoms with Crippen molar-refractivity contribution < 1.29 is 4.79 Å². The van der Waals surface area contributed by atoms with Gasteiger partial charge in [-0.3, -0.25) is 4.79 Å². The van der Waals surface area contributed by atoms with Crippen LogP contribution in [0, 0.1) is 0 Å². The molecule has 118 valence electrons. The Bertz CT molecular complexity index is 737. The number of halogens is 4. The van der Waals surface area contributed by atoms with Gasteiger partial charge in [-0.05, 0) is 19.3 Å². The van der Waals surface area contributed by atoms with Gasteiger partial charge in [0.05, 0.1) is 31.9 Å². The van der Waals surface area contributed by atoms with Crippen molar-refractivity contribution in [1.82, 2.24) is 14.5 Å². The van der Waals surface area contributed by atoms with E-state index in [9.17, 15) is 4.79 Å². The first-order valence-corrected chi connectivity index (χ1v) is 8.46. The third kappa shape index (κ3) is 2.78. The number of rotatable bonds is 2. The van der Waals surface area contributed by atoms with Crippen molar-refractivity contribution in [3.05, 3.63) is 26.4 Å². The lowest BCUT2D eigenvalue weighted by Gasteiger charge is -2.26. The van der Waals surface area contributed by atoms with Crippen LogP contribution in [0.25, 0.3) is 11.0 Å². The average Bonchev–Trinajstić information content (AvgIpc) is 2.95. The molecular weight excluding hydrogens is 368 g/mol. The summed E-state index contributed by atoms with van der Waals surface area (Å²) in [5, 5.41) is 0.853. The number of imidazole rings is 1. The maximum Gasteiger partial charge on any atom is 0.242 e. The molecule has 0 N–H and O–H groups in total. The summed E-state index contributed by atoms with van der Waals surface area (Å²) >= 11 is 24.5. The molecule has 0 saturated carbocycles. The first kappa shape index (κ1) is 16.2. The summed E-state index contributed by atoms with van der Waals surface area (Å²) in [5.41, 5.74) is 0.985. The van der Waals surface area contributed by atoms with E-state index in [2.05, 4.69) is 4.98 Å². The molecule has 0 radical (unpaired) electrons. The third-order valence-electron chi connectivity index (χ3n) is 3.85. The lowest BCUT2D eigenvalue weighted by molar-refractivity contribution is -0.132. The van der Waals surface area contributed by atoms with Crippen LogP contribution in [0.3, 0.4) is 0 Å². The Morgan fingerprint density at radius 1 is 1.00 bits per heavy atom. The summed E-state index contributed by atoms with van der Waals surface area (Å²) in [7, 11) is 0. The highest BCUT2D eigenvalue weighted by Gasteiger charge is 2.22. The molecular formula is C14H13Cl4N3O. The number of nitrogens with zero attached hydrogens (tertiary/aromatic N) is 3. The fourth-order valence-corrected chi connectivity index (χ4v) is 3.67. The Hall–Kier alpha value is -0.680. The van der Waals surface area contributed by atoms with E-state index in [0.29, 0.717) is 11.0 Å². The van der Waals surface area contributed by atoms with Crippen LogP contribution < -0.4 is 0 Å². The molecule has 0 bridgehead atoms. The Labute approximate surface area is 147 Å². The molecule has 1 aromatic carbocycles. The van der Waals surface area contributed by atoms with Gasteiger partial charge in [0.1, 0.15) is 12.1 Å². The van der Waals surface area contributed by atoms with Crippen LogP contribution in [-0.2, 0) is 11.3 Å². The van der Waals surface area contributed by atoms with Crippen LogP contribution in [0.2, 0.25) is 20.1 Å². The summed E-state index contributed by atoms with van der Waals surface area (Å²) in [6.45, 7) is 1.75. The van der Waals surface area contributed by atoms with Crippen molar-refractivity contribution in [2.45, 2.75) is 25.8 Å². The first-order chi connectivity index (χ1) is 10.5. The fraction of sp³-hybridized carbons (Fsp3) is 0.429. The van der Waals surface area contributed by atoms with Gasteiger partial charge in [-0.2, -0.15) is 0 Å². The summed E-state index contributed by atoms with van der Waals surface area (Å²) in [4.78, 5) is 18.5. The molecule has 1 fully saturated rings. The van der Waals surface area contributed by atoms with E-state index in [-0.39, 0.29) is 32.5 Å². The second-order valence-corrected chi connectivity index (χ2v) is 6.78. The molecule has 0 aliphatic carbocycles. The number of fused-ring (bicyclic) bond motifs is 1. The van der Waals surface area contributed by atoms with Gasteiger partial charge < -0.3 is 9.47 Å². The van der Waals surface area contributed by atoms with Crippen molar-refractivity contribution in [2.24, 2.45) is 0 Å². The van der Waals surface area contributed by atoms with Crippen LogP contribution in [0.1, 0.15) is 19.3 Å². The molecule has 22 heavy (non-hydrogen) atoms. The molecule has 1 aliphatic heterocycles. The number of benzene rings is 1. The zero-order chi connectivity index (χ0) is 15.9. The molecule has 0 spiro atoms. The highest BCUT2D eigenvalue weighted by atomic mass is 35.5. The quantitative estimate of drug-likeness (QED) is 0.561. The van der Waals surface area contributed by atoms with Crippen molar-refractivity contribution in [1.29, 1.82) is 0 Å². The van der Waals surface area contributed by atoms with E-state index in [1.54, 1.807) is 4.57 Å². The zero-order valence-electron chi connectivity index (χ0n) is 11.6. The van der Waals surface area contributed by atoms with Crippen molar-refractivity contribution in [3.63, 3.8) is 0 Å². The van der Waals surface area contributed by atoms with Crippen LogP contribution in [-0.4, -0.2) is 33.4 Å². The van der Waals surface area contributed by atoms with Gasteiger partial charge >= 0.3 is 0 Å². The van der Waals surface area contributed by atoms with E-state index in [1.807, 2.05) is 4.90 Å². The molecule has 1 aliphatic rings. The van der Waals surface area contributed by atoms with Gasteiger partial charge in [0.25, 0.3) is 0 Å². The van der Waals surface area contributed by atoms with Gasteiger partial charge in [0.2, 0.25) is 5.91 Å². The van der Waals surface area contributed by atoms with E-state index in [0.717, 1.165) is 25.9 Å². The van der Waals surface area contributed by atoms with Crippen LogP contribution in [0.4, 0.5) is 0 Å². The van der Waals surface area contributed by atoms with Crippen molar-refractivity contribution in [3.8, 4) is 0 Å². The molecule has 2 aromatic rings. The largest absolute Gasteiger partial charge is 0.341 e. The highest BCUT2D eigenvalue weighted by molar-refractivity contribution is 6.55. The smallest absolute Gasteiger partial charge is 0.242 e. The summed E-state index contributed by atoms with van der Waals surface area (Å²) in [6, 6.07) is 0. The van der Waals surface area contributed by atoms with Crippen molar-refractivity contribution >= 4 is 63.3 Å². The number of carbonyl (C=O) groups excluding carboxylic acids is 1. The lowest BCUT2D eigenvalue weighted by Crippen LogP contribution is -2.37. The van der Waals surface area contributed by atoms with Crippen LogP contribution in [0.5, 0.6) is 0 Å². The maximum atomic E-state index is 12.4. The highest BCUT2D eigenvalue weighted by Crippen LogP contribution is 2.42. The molecule has 1 amide bonds. The van der Waals surface area contributed by atoms with Crippen molar-refractivity contribution in [2.75, 3.05) is 13.1 Å². The number of carbonyl (C=O) groups is 1. The second kappa shape index (κ2) is 6.44. The maximum absolute atomic E-state index is 12.4. The molecule has 0 unspecified atom stereocenters. The molecule has 8 heteroatoms. The molecule has 3 rings (SSSR count). The molecule has 0 atom stereocenters. The Balaban J connectivity index is 1.96. The van der Waals surface area contributed by atoms with E-state index >= 15 is 0 Å². The lowest BCUT2D eigenvalue weighted by atomic mass is 10.1. The molecule has 1 saturated heterocycles. The van der Waals surface area contributed by atoms with Crippen LogP contribution in [0.15, 0.2) is 6.33 Å². The summed E-state index contributed by atoms with van der Waals surface area (Å²) < 4.78 is 1.67. The third-order valence-corrected chi connectivity index (χ3v) is 5.63. The number of hydrogen-bond donors (Lipinski definition) is 0. The number of amides is 1. The Morgan fingerprint density at radius 2 is 1.64 bits per heavy atom. The number of aromatic nitrogens is 2. The van der Waals surface area contributed by atoms with Gasteiger partial charge in [-0.1, -0.05) is 46.4 Å². The first-order valence-electron chi connectivity index (χ1n) is 6.95. The van der Waals surface area contributed by atoms with Gasteiger partial charge in [-0.25, -0.2) is 4.98 Å². The summed E-state index contributed by atoms with van der Waals surface area (Å²) in [6.07, 6.45) is 4.80. The van der Waals surface area contributed by atoms with Gasteiger partial charge in [0, 0.05) is 13.1 Å². The normalized spacial score (nSPS) is 15.5. The van der Waals surface area contributed by atoms with E-state index < -0.39 is 0 Å². The van der Waals surface area contributed by atoms with E-state index in [1.165, 1.54) is 12.7 Å². The average molecular weight is 381 g/mol. The second-order valence-electron chi connectivity index (χ2n) is 5.27. The fourth-order valence-electron chi connectivity index (χ4n) is 2.68. The standard InChI is InChI=1S/C14H13Cl4N3O/c15-9-10(16)12(18)14-13(11(9)17)19-7-21(14)6-8(22)20-4-2-1-3-5-20/h7H,1-6H2. The van der Waals surface area contributed by atoms with Crippen LogP contribution >= 0.6 is 46.4 Å². The Morgan fingerprint density at radius 3 is 2.32 bits per heavy atom. The van der Waals surface area contributed by atoms with Gasteiger partial charge in [0.15, 0.2) is 0 Å². The minimum absolute atomic E-state index is 0.0391. The Kier molecular flexibility index (Phi) is 4.74.